The van der Waals surface area contributed by atoms with Crippen LogP contribution in [0.2, 0.25) is 0 Å². The van der Waals surface area contributed by atoms with E-state index in [0.29, 0.717) is 5.95 Å². The number of fused-ring (bicyclic) bond motifs is 1. The summed E-state index contributed by atoms with van der Waals surface area (Å²) in [5.41, 5.74) is 1.67. The van der Waals surface area contributed by atoms with Gasteiger partial charge in [0.2, 0.25) is 5.95 Å². The molecule has 0 saturated carbocycles. The van der Waals surface area contributed by atoms with E-state index in [1.54, 1.807) is 19.4 Å². The number of hydrogen-bond donors (Lipinski definition) is 1. The lowest BCUT2D eigenvalue weighted by Gasteiger charge is -1.98. The van der Waals surface area contributed by atoms with Crippen LogP contribution >= 0.6 is 0 Å². The molecule has 2 rings (SSSR count). The standard InChI is InChI=1S/C8H8N4/c1-9-8-11-5-7-6(12-8)3-2-4-10-7/h2-5H,1H3,(H,9,11,12). The lowest BCUT2D eigenvalue weighted by molar-refractivity contribution is 1.18. The van der Waals surface area contributed by atoms with Gasteiger partial charge in [0.15, 0.2) is 0 Å². The fourth-order valence-corrected chi connectivity index (χ4v) is 0.989. The zero-order chi connectivity index (χ0) is 8.39. The molecular weight excluding hydrogens is 152 g/mol. The van der Waals surface area contributed by atoms with Crippen molar-refractivity contribution >= 4 is 17.0 Å². The third kappa shape index (κ3) is 1.07. The van der Waals surface area contributed by atoms with Gasteiger partial charge in [-0.2, -0.15) is 0 Å². The molecule has 4 heteroatoms. The van der Waals surface area contributed by atoms with Crippen molar-refractivity contribution in [3.63, 3.8) is 0 Å². The maximum Gasteiger partial charge on any atom is 0.223 e. The van der Waals surface area contributed by atoms with Crippen molar-refractivity contribution in [3.8, 4) is 0 Å². The minimum atomic E-state index is 0.621. The second kappa shape index (κ2) is 2.73. The van der Waals surface area contributed by atoms with Gasteiger partial charge in [0.25, 0.3) is 0 Å². The molecule has 1 N–H and O–H groups in total. The molecular formula is C8H8N4. The molecule has 0 amide bonds. The maximum atomic E-state index is 4.21. The molecule has 0 atom stereocenters. The Labute approximate surface area is 69.7 Å². The molecule has 12 heavy (non-hydrogen) atoms. The number of nitrogens with zero attached hydrogens (tertiary/aromatic N) is 3. The average molecular weight is 160 g/mol. The summed E-state index contributed by atoms with van der Waals surface area (Å²) >= 11 is 0. The Morgan fingerprint density at radius 1 is 1.25 bits per heavy atom. The van der Waals surface area contributed by atoms with E-state index in [-0.39, 0.29) is 0 Å². The van der Waals surface area contributed by atoms with Crippen molar-refractivity contribution in [2.24, 2.45) is 0 Å². The molecule has 0 aliphatic carbocycles. The van der Waals surface area contributed by atoms with Crippen LogP contribution in [0.25, 0.3) is 11.0 Å². The Kier molecular flexibility index (Phi) is 1.59. The predicted octanol–water partition coefficient (Wildman–Crippen LogP) is 1.07. The van der Waals surface area contributed by atoms with E-state index in [1.807, 2.05) is 12.1 Å². The van der Waals surface area contributed by atoms with E-state index < -0.39 is 0 Å². The highest BCUT2D eigenvalue weighted by molar-refractivity contribution is 5.73. The van der Waals surface area contributed by atoms with Crippen molar-refractivity contribution in [2.75, 3.05) is 12.4 Å². The molecule has 60 valence electrons. The Balaban J connectivity index is 2.67. The van der Waals surface area contributed by atoms with E-state index in [4.69, 9.17) is 0 Å². The second-order valence-electron chi connectivity index (χ2n) is 2.35. The SMILES string of the molecule is CNc1ncc2ncccc2n1. The highest BCUT2D eigenvalue weighted by atomic mass is 15.1. The summed E-state index contributed by atoms with van der Waals surface area (Å²) in [6.45, 7) is 0. The fourth-order valence-electron chi connectivity index (χ4n) is 0.989. The van der Waals surface area contributed by atoms with Crippen molar-refractivity contribution in [2.45, 2.75) is 0 Å². The highest BCUT2D eigenvalue weighted by Gasteiger charge is 1.96. The van der Waals surface area contributed by atoms with Crippen molar-refractivity contribution in [1.29, 1.82) is 0 Å². The molecule has 0 radical (unpaired) electrons. The van der Waals surface area contributed by atoms with Crippen LogP contribution in [-0.2, 0) is 0 Å². The lowest BCUT2D eigenvalue weighted by Crippen LogP contribution is -1.95. The molecule has 0 bridgehead atoms. The normalized spacial score (nSPS) is 10.1. The van der Waals surface area contributed by atoms with Crippen LogP contribution in [-0.4, -0.2) is 22.0 Å². The zero-order valence-electron chi connectivity index (χ0n) is 6.65. The van der Waals surface area contributed by atoms with Gasteiger partial charge in [0, 0.05) is 13.2 Å². The van der Waals surface area contributed by atoms with E-state index in [0.717, 1.165) is 11.0 Å². The van der Waals surface area contributed by atoms with E-state index >= 15 is 0 Å². The molecule has 2 aromatic rings. The van der Waals surface area contributed by atoms with Crippen molar-refractivity contribution in [1.82, 2.24) is 15.0 Å². The zero-order valence-corrected chi connectivity index (χ0v) is 6.65. The average Bonchev–Trinajstić information content (AvgIpc) is 2.17. The molecule has 4 nitrogen and oxygen atoms in total. The predicted molar refractivity (Wildman–Crippen MR) is 46.9 cm³/mol. The quantitative estimate of drug-likeness (QED) is 0.677. The number of anilines is 1. The number of nitrogens with one attached hydrogen (secondary N) is 1. The van der Waals surface area contributed by atoms with Crippen LogP contribution in [0.15, 0.2) is 24.5 Å². The van der Waals surface area contributed by atoms with Gasteiger partial charge in [-0.15, -0.1) is 0 Å². The summed E-state index contributed by atoms with van der Waals surface area (Å²) in [6.07, 6.45) is 3.43. The molecule has 0 aliphatic heterocycles. The Morgan fingerprint density at radius 2 is 2.17 bits per heavy atom. The summed E-state index contributed by atoms with van der Waals surface area (Å²) < 4.78 is 0. The summed E-state index contributed by atoms with van der Waals surface area (Å²) in [4.78, 5) is 12.4. The molecule has 0 spiro atoms. The van der Waals surface area contributed by atoms with Gasteiger partial charge in [-0.05, 0) is 12.1 Å². The largest absolute Gasteiger partial charge is 0.357 e. The van der Waals surface area contributed by atoms with Gasteiger partial charge in [0.05, 0.1) is 11.7 Å². The Morgan fingerprint density at radius 3 is 3.00 bits per heavy atom. The molecule has 2 heterocycles. The van der Waals surface area contributed by atoms with Crippen LogP contribution in [0.1, 0.15) is 0 Å². The number of pyridine rings is 1. The van der Waals surface area contributed by atoms with Gasteiger partial charge in [-0.25, -0.2) is 9.97 Å². The summed E-state index contributed by atoms with van der Waals surface area (Å²) in [7, 11) is 1.79. The van der Waals surface area contributed by atoms with Crippen LogP contribution < -0.4 is 5.32 Å². The topological polar surface area (TPSA) is 50.7 Å². The molecule has 0 unspecified atom stereocenters. The number of rotatable bonds is 1. The molecule has 0 fully saturated rings. The molecule has 0 saturated heterocycles. The minimum Gasteiger partial charge on any atom is -0.357 e. The first-order valence-corrected chi connectivity index (χ1v) is 3.65. The summed E-state index contributed by atoms with van der Waals surface area (Å²) in [5, 5.41) is 2.87. The highest BCUT2D eigenvalue weighted by Crippen LogP contribution is 2.07. The number of aromatic nitrogens is 3. The first-order chi connectivity index (χ1) is 5.90. The van der Waals surface area contributed by atoms with Crippen molar-refractivity contribution < 1.29 is 0 Å². The van der Waals surface area contributed by atoms with Crippen LogP contribution in [0.3, 0.4) is 0 Å². The van der Waals surface area contributed by atoms with Crippen LogP contribution in [0, 0.1) is 0 Å². The Bertz CT molecular complexity index is 399. The third-order valence-corrected chi connectivity index (χ3v) is 1.58. The monoisotopic (exact) mass is 160 g/mol. The summed E-state index contributed by atoms with van der Waals surface area (Å²) in [5.74, 6) is 0.621. The molecule has 0 aliphatic rings. The van der Waals surface area contributed by atoms with E-state index in [2.05, 4.69) is 20.3 Å². The smallest absolute Gasteiger partial charge is 0.223 e. The van der Waals surface area contributed by atoms with Gasteiger partial charge in [-0.3, -0.25) is 4.98 Å². The fraction of sp³-hybridized carbons (Fsp3) is 0.125. The maximum absolute atomic E-state index is 4.21. The van der Waals surface area contributed by atoms with Gasteiger partial charge in [-0.1, -0.05) is 0 Å². The lowest BCUT2D eigenvalue weighted by atomic mass is 10.4. The third-order valence-electron chi connectivity index (χ3n) is 1.58. The van der Waals surface area contributed by atoms with Gasteiger partial charge >= 0.3 is 0 Å². The second-order valence-corrected chi connectivity index (χ2v) is 2.35. The minimum absolute atomic E-state index is 0.621. The van der Waals surface area contributed by atoms with Crippen molar-refractivity contribution in [3.05, 3.63) is 24.5 Å². The van der Waals surface area contributed by atoms with Crippen LogP contribution in [0.4, 0.5) is 5.95 Å². The molecule has 0 aromatic carbocycles. The summed E-state index contributed by atoms with van der Waals surface area (Å²) in [6, 6.07) is 3.76. The number of hydrogen-bond acceptors (Lipinski definition) is 4. The van der Waals surface area contributed by atoms with Gasteiger partial charge < -0.3 is 5.32 Å². The first-order valence-electron chi connectivity index (χ1n) is 3.65. The van der Waals surface area contributed by atoms with E-state index in [9.17, 15) is 0 Å². The van der Waals surface area contributed by atoms with E-state index in [1.165, 1.54) is 0 Å². The van der Waals surface area contributed by atoms with Crippen LogP contribution in [0.5, 0.6) is 0 Å². The van der Waals surface area contributed by atoms with Gasteiger partial charge in [0.1, 0.15) is 5.52 Å². The Hall–Kier alpha value is -1.71. The first kappa shape index (κ1) is 6.97. The molecule has 2 aromatic heterocycles.